The van der Waals surface area contributed by atoms with Crippen molar-refractivity contribution in [2.24, 2.45) is 7.05 Å². The van der Waals surface area contributed by atoms with Gasteiger partial charge in [-0.15, -0.1) is 11.6 Å². The van der Waals surface area contributed by atoms with Crippen LogP contribution >= 0.6 is 11.6 Å². The number of hydrogen-bond donors (Lipinski definition) is 0. The third kappa shape index (κ3) is 1.95. The monoisotopic (exact) mass is 309 g/mol. The van der Waals surface area contributed by atoms with Crippen LogP contribution in [-0.4, -0.2) is 43.1 Å². The van der Waals surface area contributed by atoms with Crippen molar-refractivity contribution in [2.45, 2.75) is 31.7 Å². The highest BCUT2D eigenvalue weighted by Gasteiger charge is 2.36. The van der Waals surface area contributed by atoms with Crippen molar-refractivity contribution in [1.82, 2.24) is 24.2 Å². The molecular weight excluding hydrogens is 294 g/mol. The van der Waals surface area contributed by atoms with Gasteiger partial charge in [-0.2, -0.15) is 5.10 Å². The third-order valence-electron chi connectivity index (χ3n) is 3.96. The Morgan fingerprint density at radius 1 is 1.33 bits per heavy atom. The van der Waals surface area contributed by atoms with E-state index in [2.05, 4.69) is 10.1 Å². The van der Waals surface area contributed by atoms with Gasteiger partial charge < -0.3 is 0 Å². The van der Waals surface area contributed by atoms with Crippen molar-refractivity contribution in [3.05, 3.63) is 11.5 Å². The fourth-order valence-corrected chi connectivity index (χ4v) is 3.09. The normalized spacial score (nSPS) is 19.8. The molecule has 0 bridgehead atoms. The van der Waals surface area contributed by atoms with E-state index in [1.807, 2.05) is 18.5 Å². The number of aromatic nitrogens is 4. The Bertz CT molecular complexity index is 747. The van der Waals surface area contributed by atoms with E-state index < -0.39 is 6.04 Å². The van der Waals surface area contributed by atoms with Crippen LogP contribution in [0.5, 0.6) is 0 Å². The zero-order valence-corrected chi connectivity index (χ0v) is 12.9. The van der Waals surface area contributed by atoms with Crippen LogP contribution in [0.25, 0.3) is 11.2 Å². The lowest BCUT2D eigenvalue weighted by Gasteiger charge is -2.29. The average molecular weight is 310 g/mol. The molecule has 1 atom stereocenters. The van der Waals surface area contributed by atoms with Crippen molar-refractivity contribution in [3.63, 3.8) is 0 Å². The van der Waals surface area contributed by atoms with E-state index in [1.165, 1.54) is 11.9 Å². The number of halogens is 1. The van der Waals surface area contributed by atoms with Crippen molar-refractivity contribution >= 4 is 34.6 Å². The lowest BCUT2D eigenvalue weighted by atomic mass is 10.0. The summed E-state index contributed by atoms with van der Waals surface area (Å²) in [7, 11) is 3.33. The number of imidazole rings is 1. The Labute approximate surface area is 126 Å². The number of likely N-dealkylation sites (tertiary alicyclic amines) is 1. The lowest BCUT2D eigenvalue weighted by Crippen LogP contribution is -2.43. The molecule has 1 saturated heterocycles. The Morgan fingerprint density at radius 2 is 2.05 bits per heavy atom. The standard InChI is InChI=1S/C13H16ClN5O2/c1-7-11-12(18(3)16-7)19(9(6-14)15-11)8-4-5-10(20)17(2)13(8)21/h8H,4-6H2,1-3H3. The van der Waals surface area contributed by atoms with E-state index in [4.69, 9.17) is 11.6 Å². The molecule has 1 aliphatic rings. The van der Waals surface area contributed by atoms with E-state index in [0.717, 1.165) is 16.9 Å². The molecular formula is C13H16ClN5O2. The number of fused-ring (bicyclic) bond motifs is 1. The molecule has 21 heavy (non-hydrogen) atoms. The predicted molar refractivity (Wildman–Crippen MR) is 76.8 cm³/mol. The minimum atomic E-state index is -0.457. The fourth-order valence-electron chi connectivity index (χ4n) is 2.90. The molecule has 2 aromatic rings. The molecule has 2 aromatic heterocycles. The van der Waals surface area contributed by atoms with Crippen molar-refractivity contribution in [1.29, 1.82) is 0 Å². The largest absolute Gasteiger partial charge is 0.299 e. The summed E-state index contributed by atoms with van der Waals surface area (Å²) in [6.45, 7) is 1.87. The van der Waals surface area contributed by atoms with Gasteiger partial charge in [0, 0.05) is 20.5 Å². The highest BCUT2D eigenvalue weighted by molar-refractivity contribution is 6.17. The summed E-state index contributed by atoms with van der Waals surface area (Å²) in [6, 6.07) is -0.457. The third-order valence-corrected chi connectivity index (χ3v) is 4.20. The summed E-state index contributed by atoms with van der Waals surface area (Å²) >= 11 is 5.99. The first-order chi connectivity index (χ1) is 9.95. The van der Waals surface area contributed by atoms with E-state index in [-0.39, 0.29) is 17.7 Å². The van der Waals surface area contributed by atoms with Crippen LogP contribution in [0.4, 0.5) is 0 Å². The summed E-state index contributed by atoms with van der Waals surface area (Å²) in [5, 5.41) is 4.34. The maximum absolute atomic E-state index is 12.4. The van der Waals surface area contributed by atoms with Crippen LogP contribution in [-0.2, 0) is 22.5 Å². The molecule has 0 aliphatic carbocycles. The van der Waals surface area contributed by atoms with Gasteiger partial charge in [-0.3, -0.25) is 23.7 Å². The minimum Gasteiger partial charge on any atom is -0.299 e. The number of imide groups is 1. The number of likely N-dealkylation sites (N-methyl/N-ethyl adjacent to an activating group) is 1. The molecule has 0 radical (unpaired) electrons. The highest BCUT2D eigenvalue weighted by atomic mass is 35.5. The summed E-state index contributed by atoms with van der Waals surface area (Å²) in [6.07, 6.45) is 0.798. The molecule has 1 aliphatic heterocycles. The van der Waals surface area contributed by atoms with Gasteiger partial charge in [-0.1, -0.05) is 0 Å². The fraction of sp³-hybridized carbons (Fsp3) is 0.538. The maximum atomic E-state index is 12.4. The van der Waals surface area contributed by atoms with Gasteiger partial charge in [-0.25, -0.2) is 4.98 Å². The van der Waals surface area contributed by atoms with Crippen LogP contribution in [0, 0.1) is 6.92 Å². The Hall–Kier alpha value is -1.89. The first-order valence-corrected chi connectivity index (χ1v) is 7.26. The molecule has 112 valence electrons. The van der Waals surface area contributed by atoms with Gasteiger partial charge in [0.1, 0.15) is 17.4 Å². The average Bonchev–Trinajstić information content (AvgIpc) is 2.96. The zero-order chi connectivity index (χ0) is 15.3. The molecule has 8 heteroatoms. The smallest absolute Gasteiger partial charge is 0.252 e. The first-order valence-electron chi connectivity index (χ1n) is 6.72. The number of piperidine rings is 1. The molecule has 0 spiro atoms. The van der Waals surface area contributed by atoms with E-state index in [1.54, 1.807) is 4.68 Å². The van der Waals surface area contributed by atoms with Gasteiger partial charge in [0.2, 0.25) is 5.91 Å². The van der Waals surface area contributed by atoms with Crippen molar-refractivity contribution in [3.8, 4) is 0 Å². The lowest BCUT2D eigenvalue weighted by molar-refractivity contribution is -0.149. The van der Waals surface area contributed by atoms with E-state index >= 15 is 0 Å². The number of aryl methyl sites for hydroxylation is 2. The van der Waals surface area contributed by atoms with Crippen LogP contribution in [0.2, 0.25) is 0 Å². The van der Waals surface area contributed by atoms with E-state index in [0.29, 0.717) is 18.7 Å². The molecule has 0 aromatic carbocycles. The number of nitrogens with zero attached hydrogens (tertiary/aromatic N) is 5. The van der Waals surface area contributed by atoms with Gasteiger partial charge >= 0.3 is 0 Å². The topological polar surface area (TPSA) is 73.0 Å². The van der Waals surface area contributed by atoms with Crippen LogP contribution in [0.15, 0.2) is 0 Å². The van der Waals surface area contributed by atoms with Gasteiger partial charge in [0.15, 0.2) is 5.65 Å². The van der Waals surface area contributed by atoms with E-state index in [9.17, 15) is 9.59 Å². The van der Waals surface area contributed by atoms with Crippen molar-refractivity contribution in [2.75, 3.05) is 7.05 Å². The van der Waals surface area contributed by atoms with Gasteiger partial charge in [-0.05, 0) is 13.3 Å². The Morgan fingerprint density at radius 3 is 2.71 bits per heavy atom. The van der Waals surface area contributed by atoms with Crippen LogP contribution in [0.1, 0.15) is 30.4 Å². The van der Waals surface area contributed by atoms with Gasteiger partial charge in [0.05, 0.1) is 11.6 Å². The van der Waals surface area contributed by atoms with Crippen molar-refractivity contribution < 1.29 is 9.59 Å². The molecule has 0 saturated carbocycles. The summed E-state index contributed by atoms with van der Waals surface area (Å²) < 4.78 is 3.53. The quantitative estimate of drug-likeness (QED) is 0.616. The Kier molecular flexibility index (Phi) is 3.24. The second-order valence-electron chi connectivity index (χ2n) is 5.26. The molecule has 3 heterocycles. The molecule has 0 N–H and O–H groups in total. The van der Waals surface area contributed by atoms with Gasteiger partial charge in [0.25, 0.3) is 5.91 Å². The summed E-state index contributed by atoms with van der Waals surface area (Å²) in [5.74, 6) is 0.455. The first kappa shape index (κ1) is 14.1. The summed E-state index contributed by atoms with van der Waals surface area (Å²) in [5.41, 5.74) is 2.31. The van der Waals surface area contributed by atoms with Crippen LogP contribution < -0.4 is 0 Å². The number of carbonyl (C=O) groups is 2. The second kappa shape index (κ2) is 4.84. The number of rotatable bonds is 2. The zero-order valence-electron chi connectivity index (χ0n) is 12.1. The highest BCUT2D eigenvalue weighted by Crippen LogP contribution is 2.30. The second-order valence-corrected chi connectivity index (χ2v) is 5.53. The number of alkyl halides is 1. The molecule has 1 fully saturated rings. The number of amides is 2. The number of hydrogen-bond acceptors (Lipinski definition) is 4. The predicted octanol–water partition coefficient (Wildman–Crippen LogP) is 1.14. The SMILES string of the molecule is Cc1nn(C)c2c1nc(CCl)n2C1CCC(=O)N(C)C1=O. The molecule has 3 rings (SSSR count). The summed E-state index contributed by atoms with van der Waals surface area (Å²) in [4.78, 5) is 29.8. The molecule has 2 amide bonds. The maximum Gasteiger partial charge on any atom is 0.252 e. The number of carbonyl (C=O) groups excluding carboxylic acids is 2. The Balaban J connectivity index is 2.19. The minimum absolute atomic E-state index is 0.152. The molecule has 7 nitrogen and oxygen atoms in total. The van der Waals surface area contributed by atoms with Crippen LogP contribution in [0.3, 0.4) is 0 Å². The molecule has 1 unspecified atom stereocenters.